The van der Waals surface area contributed by atoms with Crippen molar-refractivity contribution in [2.75, 3.05) is 0 Å². The summed E-state index contributed by atoms with van der Waals surface area (Å²) >= 11 is 2.45. The molecule has 0 atom stereocenters. The van der Waals surface area contributed by atoms with Crippen LogP contribution in [0.2, 0.25) is 0 Å². The molecule has 0 heterocycles. The molecule has 0 fully saturated rings. The summed E-state index contributed by atoms with van der Waals surface area (Å²) in [6.45, 7) is 0. The van der Waals surface area contributed by atoms with E-state index < -0.39 is 0 Å². The zero-order valence-corrected chi connectivity index (χ0v) is 11.7. The molecular formula is H6BaCuSeSi. The van der Waals surface area contributed by atoms with Gasteiger partial charge in [-0.25, -0.2) is 0 Å². The summed E-state index contributed by atoms with van der Waals surface area (Å²) in [7, 11) is 1.24. The molecule has 0 aromatic carbocycles. The van der Waals surface area contributed by atoms with Gasteiger partial charge in [-0.15, -0.1) is 0 Å². The molecule has 0 saturated heterocycles. The van der Waals surface area contributed by atoms with Gasteiger partial charge in [0.15, 0.2) is 0 Å². The van der Waals surface area contributed by atoms with Crippen LogP contribution in [0, 0.1) is 0 Å². The van der Waals surface area contributed by atoms with E-state index in [1.165, 1.54) is 8.85 Å². The van der Waals surface area contributed by atoms with Crippen molar-refractivity contribution in [1.29, 1.82) is 0 Å². The molecule has 0 aliphatic rings. The van der Waals surface area contributed by atoms with Crippen LogP contribution in [0.15, 0.2) is 0 Å². The fraction of sp³-hybridized carbons (Fsp3) is 0. The second-order valence-electron chi connectivity index (χ2n) is 0. The SMILES string of the molecule is [Ba+2].[Cu].[H-].[H-].[SiH3][SeH]. The zero-order chi connectivity index (χ0) is 2.00. The van der Waals surface area contributed by atoms with E-state index in [1.807, 2.05) is 0 Å². The molecule has 0 rings (SSSR count). The molecule has 0 aromatic rings. The Bertz CT molecular complexity index is 13.5. The van der Waals surface area contributed by atoms with E-state index in [1.54, 1.807) is 0 Å². The van der Waals surface area contributed by atoms with Gasteiger partial charge in [-0.1, -0.05) is 0 Å². The third-order valence-corrected chi connectivity index (χ3v) is 0. The molecule has 4 heteroatoms. The van der Waals surface area contributed by atoms with Crippen LogP contribution in [0.3, 0.4) is 0 Å². The Labute approximate surface area is 91.1 Å². The molecule has 1 radical (unpaired) electrons. The summed E-state index contributed by atoms with van der Waals surface area (Å²) in [6, 6.07) is 0. The van der Waals surface area contributed by atoms with Crippen LogP contribution in [0.1, 0.15) is 2.85 Å². The van der Waals surface area contributed by atoms with Gasteiger partial charge in [0.1, 0.15) is 0 Å². The van der Waals surface area contributed by atoms with Crippen LogP contribution in [0.5, 0.6) is 0 Å². The summed E-state index contributed by atoms with van der Waals surface area (Å²) in [5, 5.41) is 0. The van der Waals surface area contributed by atoms with E-state index in [4.69, 9.17) is 0 Å². The Morgan fingerprint density at radius 3 is 1.50 bits per heavy atom. The normalized spacial score (nSPS) is 2.25. The molecule has 0 aliphatic heterocycles. The Kier molecular flexibility index (Phi) is 67.2. The molecule has 0 bridgehead atoms. The van der Waals surface area contributed by atoms with Crippen molar-refractivity contribution in [2.45, 2.75) is 0 Å². The van der Waals surface area contributed by atoms with Crippen LogP contribution in [0.4, 0.5) is 0 Å². The molecule has 0 nitrogen and oxygen atoms in total. The average molecular weight is 314 g/mol. The maximum absolute atomic E-state index is 2.45. The maximum atomic E-state index is 2.45. The molecule has 0 amide bonds. The molecule has 4 heavy (non-hydrogen) atoms. The van der Waals surface area contributed by atoms with Gasteiger partial charge in [0.05, 0.1) is 0 Å². The number of hydrogen-bond acceptors (Lipinski definition) is 0. The van der Waals surface area contributed by atoms with Gasteiger partial charge in [-0.05, 0) is 0 Å². The van der Waals surface area contributed by atoms with Crippen LogP contribution in [-0.4, -0.2) is 73.1 Å². The second kappa shape index (κ2) is 17.0. The molecule has 29 valence electrons. The van der Waals surface area contributed by atoms with Gasteiger partial charge in [-0.2, -0.15) is 0 Å². The summed E-state index contributed by atoms with van der Waals surface area (Å²) < 4.78 is 0. The predicted octanol–water partition coefficient (Wildman–Crippen LogP) is -1.99. The first kappa shape index (κ1) is 15.8. The van der Waals surface area contributed by atoms with E-state index in [9.17, 15) is 0 Å². The quantitative estimate of drug-likeness (QED) is 0.454. The van der Waals surface area contributed by atoms with Crippen molar-refractivity contribution in [2.24, 2.45) is 0 Å². The van der Waals surface area contributed by atoms with Crippen LogP contribution in [-0.2, 0) is 17.1 Å². The average Bonchev–Trinajstić information content (AvgIpc) is 1.00. The van der Waals surface area contributed by atoms with E-state index in [0.29, 0.717) is 0 Å². The predicted molar refractivity (Wildman–Crippen MR) is 25.1 cm³/mol. The van der Waals surface area contributed by atoms with E-state index in [-0.39, 0.29) is 68.8 Å². The fourth-order valence-corrected chi connectivity index (χ4v) is 0. The van der Waals surface area contributed by atoms with Crippen molar-refractivity contribution in [3.63, 3.8) is 0 Å². The van der Waals surface area contributed by atoms with Crippen LogP contribution >= 0.6 is 0 Å². The summed E-state index contributed by atoms with van der Waals surface area (Å²) in [5.74, 6) is 0. The van der Waals surface area contributed by atoms with Crippen molar-refractivity contribution in [1.82, 2.24) is 0 Å². The van der Waals surface area contributed by atoms with Crippen molar-refractivity contribution < 1.29 is 19.9 Å². The Balaban J connectivity index is -0.000000000833. The minimum absolute atomic E-state index is 0. The molecule has 0 aliphatic carbocycles. The van der Waals surface area contributed by atoms with E-state index >= 15 is 0 Å². The Hall–Kier alpha value is 2.83. The summed E-state index contributed by atoms with van der Waals surface area (Å²) in [5.41, 5.74) is 0. The molecular weight excluding hydrogens is 308 g/mol. The molecule has 0 saturated carbocycles. The topological polar surface area (TPSA) is 0 Å². The van der Waals surface area contributed by atoms with Crippen LogP contribution in [0.25, 0.3) is 0 Å². The van der Waals surface area contributed by atoms with Gasteiger partial charge < -0.3 is 2.85 Å². The first-order valence-corrected chi connectivity index (χ1v) is 6.97. The van der Waals surface area contributed by atoms with Gasteiger partial charge in [-0.3, -0.25) is 0 Å². The second-order valence-corrected chi connectivity index (χ2v) is 0. The zero-order valence-electron chi connectivity index (χ0n) is 4.46. The van der Waals surface area contributed by atoms with E-state index in [2.05, 4.69) is 15.4 Å². The monoisotopic (exact) mass is 315 g/mol. The molecule has 0 aromatic heterocycles. The Morgan fingerprint density at radius 2 is 1.50 bits per heavy atom. The standard InChI is InChI=1S/Ba.Cu.H4SeSi.2H/c;;1-2;;/h;;1H,2H3;;/q+2;;;2*-1. The van der Waals surface area contributed by atoms with Gasteiger partial charge >= 0.3 is 73.1 Å². The van der Waals surface area contributed by atoms with Gasteiger partial charge in [0, 0.05) is 17.1 Å². The van der Waals surface area contributed by atoms with Crippen molar-refractivity contribution in [3.8, 4) is 0 Å². The first-order valence-electron chi connectivity index (χ1n) is 0.447. The van der Waals surface area contributed by atoms with Crippen molar-refractivity contribution >= 4 is 73.1 Å². The summed E-state index contributed by atoms with van der Waals surface area (Å²) in [4.78, 5) is 0. The van der Waals surface area contributed by atoms with Gasteiger partial charge in [0.25, 0.3) is 0 Å². The summed E-state index contributed by atoms with van der Waals surface area (Å²) in [6.07, 6.45) is 0. The van der Waals surface area contributed by atoms with Gasteiger partial charge in [0.2, 0.25) is 0 Å². The molecule has 0 spiro atoms. The third kappa shape index (κ3) is 8.85. The Morgan fingerprint density at radius 1 is 1.50 bits per heavy atom. The van der Waals surface area contributed by atoms with Crippen molar-refractivity contribution in [3.05, 3.63) is 0 Å². The fourth-order valence-electron chi connectivity index (χ4n) is 0. The number of hydrogen-bond donors (Lipinski definition) is 0. The minimum atomic E-state index is 0. The molecule has 0 unspecified atom stereocenters. The number of rotatable bonds is 0. The van der Waals surface area contributed by atoms with E-state index in [0.717, 1.165) is 0 Å². The molecule has 0 N–H and O–H groups in total. The third-order valence-electron chi connectivity index (χ3n) is 0. The first-order chi connectivity index (χ1) is 1.00. The van der Waals surface area contributed by atoms with Crippen LogP contribution < -0.4 is 0 Å².